The van der Waals surface area contributed by atoms with Crippen molar-refractivity contribution in [3.63, 3.8) is 0 Å². The molecule has 0 radical (unpaired) electrons. The van der Waals surface area contributed by atoms with E-state index in [1.54, 1.807) is 6.08 Å². The molecule has 1 aliphatic rings. The van der Waals surface area contributed by atoms with Crippen LogP contribution in [0.3, 0.4) is 0 Å². The summed E-state index contributed by atoms with van der Waals surface area (Å²) in [6.07, 6.45) is 8.83. The summed E-state index contributed by atoms with van der Waals surface area (Å²) in [5, 5.41) is 0. The average Bonchev–Trinajstić information content (AvgIpc) is 2.26. The van der Waals surface area contributed by atoms with Gasteiger partial charge in [-0.15, -0.1) is 0 Å². The lowest BCUT2D eigenvalue weighted by Crippen LogP contribution is -2.12. The molecule has 1 fully saturated rings. The molecule has 0 atom stereocenters. The van der Waals surface area contributed by atoms with Crippen LogP contribution in [0.5, 0.6) is 0 Å². The second-order valence-electron chi connectivity index (χ2n) is 4.08. The summed E-state index contributed by atoms with van der Waals surface area (Å²) < 4.78 is 12.2. The summed E-state index contributed by atoms with van der Waals surface area (Å²) in [4.78, 5) is 11.2. The van der Waals surface area contributed by atoms with Crippen LogP contribution < -0.4 is 0 Å². The van der Waals surface area contributed by atoms with Crippen LogP contribution in [-0.4, -0.2) is 12.5 Å². The molecule has 0 aromatic rings. The zero-order valence-electron chi connectivity index (χ0n) is 8.89. The van der Waals surface area contributed by atoms with Crippen LogP contribution in [0.2, 0.25) is 0 Å². The van der Waals surface area contributed by atoms with Crippen LogP contribution in [0.25, 0.3) is 0 Å². The Morgan fingerprint density at radius 1 is 1.36 bits per heavy atom. The third-order valence-corrected chi connectivity index (χ3v) is 3.06. The number of halogens is 1. The lowest BCUT2D eigenvalue weighted by Gasteiger charge is -2.21. The predicted molar refractivity (Wildman–Crippen MR) is 55.9 cm³/mol. The van der Waals surface area contributed by atoms with Gasteiger partial charge in [0.15, 0.2) is 12.5 Å². The topological polar surface area (TPSA) is 17.1 Å². The van der Waals surface area contributed by atoms with E-state index in [2.05, 4.69) is 0 Å². The molecule has 0 aliphatic heterocycles. The van der Waals surface area contributed by atoms with Crippen LogP contribution in [0.1, 0.15) is 45.4 Å². The zero-order chi connectivity index (χ0) is 10.4. The number of Topliss-reactive ketones (excluding diaryl/α,β-unsaturated/α-hetero) is 1. The number of alkyl halides is 1. The highest BCUT2D eigenvalue weighted by Crippen LogP contribution is 2.29. The standard InChI is InChI=1S/C12H19FO/c1-2-11(12(14)9-13)8-10-6-4-3-5-7-10/h2,10H,3-9H2,1H3/b11-2-. The number of carbonyl (C=O) groups is 1. The van der Waals surface area contributed by atoms with Crippen molar-refractivity contribution in [1.29, 1.82) is 0 Å². The van der Waals surface area contributed by atoms with Gasteiger partial charge in [0, 0.05) is 0 Å². The molecule has 1 rings (SSSR count). The Balaban J connectivity index is 2.43. The van der Waals surface area contributed by atoms with Crippen molar-refractivity contribution in [3.8, 4) is 0 Å². The largest absolute Gasteiger partial charge is 0.292 e. The van der Waals surface area contributed by atoms with Gasteiger partial charge in [-0.2, -0.15) is 0 Å². The molecule has 0 amide bonds. The maximum Gasteiger partial charge on any atom is 0.189 e. The van der Waals surface area contributed by atoms with Gasteiger partial charge >= 0.3 is 0 Å². The van der Waals surface area contributed by atoms with Crippen LogP contribution in [0.15, 0.2) is 11.6 Å². The van der Waals surface area contributed by atoms with Crippen molar-refractivity contribution in [2.45, 2.75) is 45.4 Å². The maximum atomic E-state index is 12.2. The van der Waals surface area contributed by atoms with Crippen LogP contribution in [-0.2, 0) is 4.79 Å². The SMILES string of the molecule is C/C=C(/CC1CCCCC1)C(=O)CF. The molecule has 14 heavy (non-hydrogen) atoms. The molecule has 0 unspecified atom stereocenters. The Kier molecular flexibility index (Phi) is 4.85. The van der Waals surface area contributed by atoms with Crippen molar-refractivity contribution >= 4 is 5.78 Å². The van der Waals surface area contributed by atoms with Crippen LogP contribution in [0, 0.1) is 5.92 Å². The lowest BCUT2D eigenvalue weighted by atomic mass is 9.84. The smallest absolute Gasteiger partial charge is 0.189 e. The molecular weight excluding hydrogens is 179 g/mol. The van der Waals surface area contributed by atoms with E-state index in [9.17, 15) is 9.18 Å². The lowest BCUT2D eigenvalue weighted by molar-refractivity contribution is -0.116. The second kappa shape index (κ2) is 5.94. The third kappa shape index (κ3) is 3.24. The predicted octanol–water partition coefficient (Wildman–Crippen LogP) is 3.44. The molecule has 0 aromatic heterocycles. The Hall–Kier alpha value is -0.660. The minimum absolute atomic E-state index is 0.321. The van der Waals surface area contributed by atoms with Gasteiger partial charge < -0.3 is 0 Å². The van der Waals surface area contributed by atoms with E-state index < -0.39 is 6.67 Å². The minimum Gasteiger partial charge on any atom is -0.292 e. The normalized spacial score (nSPS) is 19.7. The molecule has 0 saturated heterocycles. The van der Waals surface area contributed by atoms with Gasteiger partial charge in [0.25, 0.3) is 0 Å². The fourth-order valence-corrected chi connectivity index (χ4v) is 2.18. The molecule has 2 heteroatoms. The molecule has 0 heterocycles. The molecule has 1 saturated carbocycles. The highest BCUT2D eigenvalue weighted by molar-refractivity contribution is 5.96. The number of ketones is 1. The first-order valence-electron chi connectivity index (χ1n) is 5.52. The monoisotopic (exact) mass is 198 g/mol. The van der Waals surface area contributed by atoms with E-state index >= 15 is 0 Å². The first-order chi connectivity index (χ1) is 6.77. The summed E-state index contributed by atoms with van der Waals surface area (Å²) in [6.45, 7) is 0.984. The Morgan fingerprint density at radius 2 is 2.00 bits per heavy atom. The van der Waals surface area contributed by atoms with Gasteiger partial charge in [-0.05, 0) is 24.8 Å². The van der Waals surface area contributed by atoms with E-state index in [-0.39, 0.29) is 5.78 Å². The highest BCUT2D eigenvalue weighted by atomic mass is 19.1. The van der Waals surface area contributed by atoms with Crippen LogP contribution >= 0.6 is 0 Å². The Morgan fingerprint density at radius 3 is 2.50 bits per heavy atom. The average molecular weight is 198 g/mol. The quantitative estimate of drug-likeness (QED) is 0.632. The van der Waals surface area contributed by atoms with E-state index in [0.29, 0.717) is 11.5 Å². The van der Waals surface area contributed by atoms with Gasteiger partial charge in [-0.25, -0.2) is 4.39 Å². The minimum atomic E-state index is -0.841. The number of hydrogen-bond donors (Lipinski definition) is 0. The van der Waals surface area contributed by atoms with E-state index in [1.165, 1.54) is 32.1 Å². The van der Waals surface area contributed by atoms with E-state index in [0.717, 1.165) is 6.42 Å². The zero-order valence-corrected chi connectivity index (χ0v) is 8.89. The molecule has 0 aromatic carbocycles. The third-order valence-electron chi connectivity index (χ3n) is 3.06. The van der Waals surface area contributed by atoms with Crippen molar-refractivity contribution in [2.75, 3.05) is 6.67 Å². The summed E-state index contributed by atoms with van der Waals surface area (Å²) in [5.41, 5.74) is 0.694. The number of hydrogen-bond acceptors (Lipinski definition) is 1. The first-order valence-corrected chi connectivity index (χ1v) is 5.52. The van der Waals surface area contributed by atoms with Gasteiger partial charge in [-0.3, -0.25) is 4.79 Å². The molecule has 0 N–H and O–H groups in total. The fourth-order valence-electron chi connectivity index (χ4n) is 2.18. The molecule has 80 valence electrons. The summed E-state index contributed by atoms with van der Waals surface area (Å²) in [7, 11) is 0. The molecular formula is C12H19FO. The Labute approximate surface area is 85.4 Å². The molecule has 0 spiro atoms. The van der Waals surface area contributed by atoms with Crippen molar-refractivity contribution in [2.24, 2.45) is 5.92 Å². The number of allylic oxidation sites excluding steroid dienone is 2. The van der Waals surface area contributed by atoms with E-state index in [4.69, 9.17) is 0 Å². The van der Waals surface area contributed by atoms with Crippen molar-refractivity contribution < 1.29 is 9.18 Å². The van der Waals surface area contributed by atoms with Crippen molar-refractivity contribution in [1.82, 2.24) is 0 Å². The summed E-state index contributed by atoms with van der Waals surface area (Å²) >= 11 is 0. The summed E-state index contributed by atoms with van der Waals surface area (Å²) in [5.74, 6) is 0.295. The van der Waals surface area contributed by atoms with Gasteiger partial charge in [0.2, 0.25) is 0 Å². The molecule has 0 bridgehead atoms. The van der Waals surface area contributed by atoms with Crippen molar-refractivity contribution in [3.05, 3.63) is 11.6 Å². The maximum absolute atomic E-state index is 12.2. The molecule has 1 aliphatic carbocycles. The highest BCUT2D eigenvalue weighted by Gasteiger charge is 2.17. The number of carbonyl (C=O) groups excluding carboxylic acids is 1. The van der Waals surface area contributed by atoms with Gasteiger partial charge in [0.05, 0.1) is 0 Å². The van der Waals surface area contributed by atoms with Gasteiger partial charge in [0.1, 0.15) is 0 Å². The number of rotatable bonds is 4. The van der Waals surface area contributed by atoms with Gasteiger partial charge in [-0.1, -0.05) is 38.2 Å². The first kappa shape index (κ1) is 11.4. The molecule has 1 nitrogen and oxygen atoms in total. The fraction of sp³-hybridized carbons (Fsp3) is 0.750. The van der Waals surface area contributed by atoms with Crippen LogP contribution in [0.4, 0.5) is 4.39 Å². The summed E-state index contributed by atoms with van der Waals surface area (Å²) in [6, 6.07) is 0. The Bertz CT molecular complexity index is 214. The second-order valence-corrected chi connectivity index (χ2v) is 4.08. The van der Waals surface area contributed by atoms with E-state index in [1.807, 2.05) is 6.92 Å².